The van der Waals surface area contributed by atoms with Crippen molar-refractivity contribution in [3.8, 4) is 0 Å². The summed E-state index contributed by atoms with van der Waals surface area (Å²) in [4.78, 5) is 11.9. The van der Waals surface area contributed by atoms with Gasteiger partial charge in [-0.05, 0) is 29.7 Å². The van der Waals surface area contributed by atoms with Gasteiger partial charge in [0.1, 0.15) is 0 Å². The number of anilines is 1. The van der Waals surface area contributed by atoms with Gasteiger partial charge in [0.15, 0.2) is 0 Å². The minimum atomic E-state index is -3.59. The standard InChI is InChI=1S/C12H16N4O3S2/c1-15(2)21(18,19)16(3)8-12(17)14-10-4-5-11-9(6-10)7-13-20-11/h4-7H,8H2,1-3H3,(H,14,17). The third kappa shape index (κ3) is 3.56. The Kier molecular flexibility index (Phi) is 4.57. The van der Waals surface area contributed by atoms with E-state index in [-0.39, 0.29) is 6.54 Å². The zero-order chi connectivity index (χ0) is 15.6. The molecule has 2 aromatic rings. The predicted octanol–water partition coefficient (Wildman–Crippen LogP) is 0.973. The lowest BCUT2D eigenvalue weighted by Gasteiger charge is -2.20. The molecular formula is C12H16N4O3S2. The van der Waals surface area contributed by atoms with Crippen molar-refractivity contribution in [2.75, 3.05) is 33.0 Å². The van der Waals surface area contributed by atoms with Crippen molar-refractivity contribution in [3.63, 3.8) is 0 Å². The highest BCUT2D eigenvalue weighted by Gasteiger charge is 2.22. The minimum absolute atomic E-state index is 0.250. The van der Waals surface area contributed by atoms with Gasteiger partial charge in [0.05, 0.1) is 11.2 Å². The van der Waals surface area contributed by atoms with Crippen LogP contribution in [0.15, 0.2) is 24.4 Å². The summed E-state index contributed by atoms with van der Waals surface area (Å²) in [5.41, 5.74) is 0.614. The van der Waals surface area contributed by atoms with E-state index >= 15 is 0 Å². The van der Waals surface area contributed by atoms with Crippen molar-refractivity contribution in [2.45, 2.75) is 0 Å². The lowest BCUT2D eigenvalue weighted by atomic mass is 10.2. The SMILES string of the molecule is CN(C)S(=O)(=O)N(C)CC(=O)Nc1ccc2sncc2c1. The first-order chi connectivity index (χ1) is 9.80. The topological polar surface area (TPSA) is 82.6 Å². The van der Waals surface area contributed by atoms with Crippen molar-refractivity contribution in [1.82, 2.24) is 13.0 Å². The van der Waals surface area contributed by atoms with Gasteiger partial charge < -0.3 is 5.32 Å². The molecule has 9 heteroatoms. The van der Waals surface area contributed by atoms with Crippen molar-refractivity contribution >= 4 is 43.4 Å². The van der Waals surface area contributed by atoms with E-state index in [2.05, 4.69) is 9.69 Å². The predicted molar refractivity (Wildman–Crippen MR) is 83.5 cm³/mol. The number of carbonyl (C=O) groups excluding carboxylic acids is 1. The molecule has 0 aliphatic rings. The molecular weight excluding hydrogens is 312 g/mol. The van der Waals surface area contributed by atoms with E-state index < -0.39 is 16.1 Å². The van der Waals surface area contributed by atoms with Gasteiger partial charge in [-0.1, -0.05) is 0 Å². The van der Waals surface area contributed by atoms with Gasteiger partial charge in [-0.2, -0.15) is 21.4 Å². The molecule has 1 aromatic carbocycles. The lowest BCUT2D eigenvalue weighted by Crippen LogP contribution is -2.41. The Labute approximate surface area is 127 Å². The smallest absolute Gasteiger partial charge is 0.281 e. The fourth-order valence-electron chi connectivity index (χ4n) is 1.71. The van der Waals surface area contributed by atoms with E-state index in [0.29, 0.717) is 5.69 Å². The quantitative estimate of drug-likeness (QED) is 0.887. The number of hydrogen-bond donors (Lipinski definition) is 1. The third-order valence-corrected chi connectivity index (χ3v) is 5.48. The monoisotopic (exact) mass is 328 g/mol. The maximum absolute atomic E-state index is 11.9. The average molecular weight is 328 g/mol. The first-order valence-corrected chi connectivity index (χ1v) is 8.26. The van der Waals surface area contributed by atoms with Crippen LogP contribution in [0.5, 0.6) is 0 Å². The second-order valence-electron chi connectivity index (χ2n) is 4.67. The van der Waals surface area contributed by atoms with Crippen molar-refractivity contribution in [3.05, 3.63) is 24.4 Å². The third-order valence-electron chi connectivity index (χ3n) is 2.86. The second-order valence-corrected chi connectivity index (χ2v) is 7.76. The molecule has 7 nitrogen and oxygen atoms in total. The van der Waals surface area contributed by atoms with Crippen LogP contribution in [0.1, 0.15) is 0 Å². The van der Waals surface area contributed by atoms with Crippen molar-refractivity contribution in [1.29, 1.82) is 0 Å². The van der Waals surface area contributed by atoms with Gasteiger partial charge in [0.2, 0.25) is 5.91 Å². The van der Waals surface area contributed by atoms with Crippen LogP contribution >= 0.6 is 11.5 Å². The van der Waals surface area contributed by atoms with E-state index in [9.17, 15) is 13.2 Å². The lowest BCUT2D eigenvalue weighted by molar-refractivity contribution is -0.116. The second kappa shape index (κ2) is 6.06. The van der Waals surface area contributed by atoms with Crippen LogP contribution < -0.4 is 5.32 Å². The molecule has 0 radical (unpaired) electrons. The number of fused-ring (bicyclic) bond motifs is 1. The summed E-state index contributed by atoms with van der Waals surface area (Å²) in [5.74, 6) is -0.398. The molecule has 0 unspecified atom stereocenters. The highest BCUT2D eigenvalue weighted by atomic mass is 32.2. The van der Waals surface area contributed by atoms with Crippen LogP contribution in [0.3, 0.4) is 0 Å². The van der Waals surface area contributed by atoms with Gasteiger partial charge >= 0.3 is 0 Å². The summed E-state index contributed by atoms with van der Waals surface area (Å²) in [7, 11) is 0.605. The van der Waals surface area contributed by atoms with Gasteiger partial charge in [0.25, 0.3) is 10.2 Å². The molecule has 0 saturated heterocycles. The summed E-state index contributed by atoms with van der Waals surface area (Å²) < 4.78 is 30.8. The van der Waals surface area contributed by atoms with E-state index in [1.54, 1.807) is 18.3 Å². The zero-order valence-electron chi connectivity index (χ0n) is 11.9. The number of benzene rings is 1. The molecule has 0 atom stereocenters. The van der Waals surface area contributed by atoms with Gasteiger partial charge in [-0.3, -0.25) is 4.79 Å². The molecule has 0 aliphatic heterocycles. The molecule has 0 saturated carbocycles. The Hall–Kier alpha value is -1.55. The summed E-state index contributed by atoms with van der Waals surface area (Å²) in [5, 5.41) is 3.62. The highest BCUT2D eigenvalue weighted by molar-refractivity contribution is 7.86. The summed E-state index contributed by atoms with van der Waals surface area (Å²) >= 11 is 1.38. The molecule has 1 N–H and O–H groups in total. The molecule has 0 spiro atoms. The number of aromatic nitrogens is 1. The number of nitrogens with one attached hydrogen (secondary N) is 1. The molecule has 0 bridgehead atoms. The number of nitrogens with zero attached hydrogens (tertiary/aromatic N) is 3. The van der Waals surface area contributed by atoms with Crippen molar-refractivity contribution in [2.24, 2.45) is 0 Å². The summed E-state index contributed by atoms with van der Waals surface area (Å²) in [6.07, 6.45) is 1.72. The Morgan fingerprint density at radius 2 is 2.05 bits per heavy atom. The van der Waals surface area contributed by atoms with Crippen molar-refractivity contribution < 1.29 is 13.2 Å². The average Bonchev–Trinajstić information content (AvgIpc) is 2.85. The largest absolute Gasteiger partial charge is 0.325 e. The van der Waals surface area contributed by atoms with Crippen LogP contribution in [-0.4, -0.2) is 55.0 Å². The van der Waals surface area contributed by atoms with Crippen LogP contribution in [0.2, 0.25) is 0 Å². The fraction of sp³-hybridized carbons (Fsp3) is 0.333. The fourth-order valence-corrected chi connectivity index (χ4v) is 3.18. The molecule has 114 valence electrons. The molecule has 0 aliphatic carbocycles. The number of hydrogen-bond acceptors (Lipinski definition) is 5. The summed E-state index contributed by atoms with van der Waals surface area (Å²) in [6.45, 7) is -0.250. The minimum Gasteiger partial charge on any atom is -0.325 e. The highest BCUT2D eigenvalue weighted by Crippen LogP contribution is 2.21. The Morgan fingerprint density at radius 3 is 2.71 bits per heavy atom. The normalized spacial score (nSPS) is 12.2. The molecule has 1 heterocycles. The van der Waals surface area contributed by atoms with E-state index in [0.717, 1.165) is 18.7 Å². The first kappa shape index (κ1) is 15.8. The maximum Gasteiger partial charge on any atom is 0.281 e. The van der Waals surface area contributed by atoms with Crippen LogP contribution in [0.4, 0.5) is 5.69 Å². The van der Waals surface area contributed by atoms with E-state index in [1.807, 2.05) is 6.07 Å². The Balaban J connectivity index is 2.04. The molecule has 0 fully saturated rings. The van der Waals surface area contributed by atoms with Crippen LogP contribution in [0.25, 0.3) is 10.1 Å². The number of carbonyl (C=O) groups is 1. The zero-order valence-corrected chi connectivity index (χ0v) is 13.5. The number of likely N-dealkylation sites (N-methyl/N-ethyl adjacent to an activating group) is 1. The van der Waals surface area contributed by atoms with Crippen LogP contribution in [0, 0.1) is 0 Å². The summed E-state index contributed by atoms with van der Waals surface area (Å²) in [6, 6.07) is 5.43. The number of amides is 1. The van der Waals surface area contributed by atoms with E-state index in [1.165, 1.54) is 32.7 Å². The Bertz CT molecular complexity index is 755. The molecule has 21 heavy (non-hydrogen) atoms. The van der Waals surface area contributed by atoms with Gasteiger partial charge in [-0.25, -0.2) is 0 Å². The van der Waals surface area contributed by atoms with Gasteiger partial charge in [0, 0.05) is 38.4 Å². The first-order valence-electron chi connectivity index (χ1n) is 6.09. The van der Waals surface area contributed by atoms with E-state index in [4.69, 9.17) is 0 Å². The molecule has 1 aromatic heterocycles. The maximum atomic E-state index is 11.9. The van der Waals surface area contributed by atoms with Crippen LogP contribution in [-0.2, 0) is 15.0 Å². The Morgan fingerprint density at radius 1 is 1.33 bits per heavy atom. The molecule has 2 rings (SSSR count). The van der Waals surface area contributed by atoms with Gasteiger partial charge in [-0.15, -0.1) is 0 Å². The molecule has 1 amide bonds. The number of rotatable bonds is 5.